The van der Waals surface area contributed by atoms with Crippen LogP contribution in [0.25, 0.3) is 0 Å². The molecule has 1 aromatic rings. The maximum Gasteiger partial charge on any atom is 0.116 e. The number of unbranched alkanes of at least 4 members (excludes halogenated alkanes) is 1. The summed E-state index contributed by atoms with van der Waals surface area (Å²) in [5.41, 5.74) is 4.73. The molecule has 0 aromatic carbocycles. The van der Waals surface area contributed by atoms with Crippen molar-refractivity contribution in [3.8, 4) is 0 Å². The SMILES string of the molecule is CC(O)(CN)CCCCSc1ccncn1. The van der Waals surface area contributed by atoms with Gasteiger partial charge >= 0.3 is 0 Å². The molecular formula is C11H19N3OS. The average Bonchev–Trinajstić information content (AvgIpc) is 2.30. The smallest absolute Gasteiger partial charge is 0.116 e. The summed E-state index contributed by atoms with van der Waals surface area (Å²) in [6, 6.07) is 1.90. The number of aromatic nitrogens is 2. The van der Waals surface area contributed by atoms with Crippen LogP contribution in [0, 0.1) is 0 Å². The van der Waals surface area contributed by atoms with Crippen LogP contribution in [0.2, 0.25) is 0 Å². The second-order valence-corrected chi connectivity index (χ2v) is 5.17. The van der Waals surface area contributed by atoms with Crippen LogP contribution >= 0.6 is 11.8 Å². The van der Waals surface area contributed by atoms with E-state index in [9.17, 15) is 5.11 Å². The van der Waals surface area contributed by atoms with E-state index in [0.29, 0.717) is 6.54 Å². The minimum atomic E-state index is -0.709. The normalized spacial score (nSPS) is 14.7. The van der Waals surface area contributed by atoms with Gasteiger partial charge in [-0.3, -0.25) is 0 Å². The van der Waals surface area contributed by atoms with E-state index in [1.165, 1.54) is 0 Å². The Balaban J connectivity index is 2.09. The topological polar surface area (TPSA) is 72.0 Å². The molecule has 0 aliphatic rings. The second-order valence-electron chi connectivity index (χ2n) is 4.05. The number of hydrogen-bond acceptors (Lipinski definition) is 5. The highest BCUT2D eigenvalue weighted by molar-refractivity contribution is 7.99. The molecule has 1 unspecified atom stereocenters. The van der Waals surface area contributed by atoms with Crippen molar-refractivity contribution >= 4 is 11.8 Å². The molecule has 90 valence electrons. The Morgan fingerprint density at radius 1 is 1.50 bits per heavy atom. The monoisotopic (exact) mass is 241 g/mol. The largest absolute Gasteiger partial charge is 0.389 e. The van der Waals surface area contributed by atoms with Gasteiger partial charge in [0.05, 0.1) is 10.6 Å². The van der Waals surface area contributed by atoms with Crippen LogP contribution in [-0.4, -0.2) is 33.0 Å². The minimum absolute atomic E-state index is 0.325. The summed E-state index contributed by atoms with van der Waals surface area (Å²) in [7, 11) is 0. The van der Waals surface area contributed by atoms with Crippen LogP contribution < -0.4 is 5.73 Å². The fourth-order valence-electron chi connectivity index (χ4n) is 1.25. The summed E-state index contributed by atoms with van der Waals surface area (Å²) < 4.78 is 0. The molecule has 1 aromatic heterocycles. The molecule has 1 heterocycles. The van der Waals surface area contributed by atoms with Crippen molar-refractivity contribution in [2.24, 2.45) is 5.73 Å². The van der Waals surface area contributed by atoms with Crippen molar-refractivity contribution in [1.82, 2.24) is 9.97 Å². The molecule has 0 bridgehead atoms. The van der Waals surface area contributed by atoms with E-state index in [1.54, 1.807) is 31.2 Å². The standard InChI is InChI=1S/C11H19N3OS/c1-11(15,8-12)5-2-3-7-16-10-4-6-13-9-14-10/h4,6,9,15H,2-3,5,7-8,12H2,1H3. The minimum Gasteiger partial charge on any atom is -0.389 e. The van der Waals surface area contributed by atoms with Crippen LogP contribution in [0.15, 0.2) is 23.6 Å². The Bertz CT molecular complexity index is 293. The zero-order chi connectivity index (χ0) is 11.9. The molecule has 0 amide bonds. The average molecular weight is 241 g/mol. The Labute approximate surface area is 101 Å². The molecule has 4 nitrogen and oxygen atoms in total. The van der Waals surface area contributed by atoms with Gasteiger partial charge in [0.1, 0.15) is 6.33 Å². The predicted molar refractivity (Wildman–Crippen MR) is 66.3 cm³/mol. The van der Waals surface area contributed by atoms with Crippen LogP contribution in [0.3, 0.4) is 0 Å². The van der Waals surface area contributed by atoms with Gasteiger partial charge in [-0.1, -0.05) is 0 Å². The molecule has 0 aliphatic heterocycles. The molecule has 16 heavy (non-hydrogen) atoms. The van der Waals surface area contributed by atoms with Gasteiger partial charge < -0.3 is 10.8 Å². The highest BCUT2D eigenvalue weighted by Gasteiger charge is 2.16. The number of nitrogens with zero attached hydrogens (tertiary/aromatic N) is 2. The lowest BCUT2D eigenvalue weighted by atomic mass is 10.00. The fourth-order valence-corrected chi connectivity index (χ4v) is 2.09. The lowest BCUT2D eigenvalue weighted by Gasteiger charge is -2.20. The van der Waals surface area contributed by atoms with Crippen molar-refractivity contribution in [3.05, 3.63) is 18.6 Å². The Morgan fingerprint density at radius 3 is 2.94 bits per heavy atom. The van der Waals surface area contributed by atoms with E-state index >= 15 is 0 Å². The molecule has 5 heteroatoms. The van der Waals surface area contributed by atoms with Gasteiger partial charge in [-0.05, 0) is 38.0 Å². The van der Waals surface area contributed by atoms with Gasteiger partial charge in [-0.15, -0.1) is 11.8 Å². The number of thioether (sulfide) groups is 1. The first-order chi connectivity index (χ1) is 7.64. The molecule has 0 saturated heterocycles. The van der Waals surface area contributed by atoms with Gasteiger partial charge in [0.2, 0.25) is 0 Å². The van der Waals surface area contributed by atoms with Gasteiger partial charge in [0.25, 0.3) is 0 Å². The van der Waals surface area contributed by atoms with Gasteiger partial charge in [-0.2, -0.15) is 0 Å². The molecule has 0 spiro atoms. The van der Waals surface area contributed by atoms with Gasteiger partial charge in [0.15, 0.2) is 0 Å². The molecule has 0 saturated carbocycles. The quantitative estimate of drug-likeness (QED) is 0.429. The van der Waals surface area contributed by atoms with E-state index in [4.69, 9.17) is 5.73 Å². The summed E-state index contributed by atoms with van der Waals surface area (Å²) in [4.78, 5) is 7.99. The third-order valence-corrected chi connectivity index (χ3v) is 3.38. The van der Waals surface area contributed by atoms with Crippen LogP contribution in [0.5, 0.6) is 0 Å². The second kappa shape index (κ2) is 6.83. The molecule has 1 rings (SSSR count). The number of aliphatic hydroxyl groups is 1. The predicted octanol–water partition coefficient (Wildman–Crippen LogP) is 1.45. The van der Waals surface area contributed by atoms with Gasteiger partial charge in [0, 0.05) is 12.7 Å². The van der Waals surface area contributed by atoms with Crippen molar-refractivity contribution in [2.75, 3.05) is 12.3 Å². The van der Waals surface area contributed by atoms with Gasteiger partial charge in [-0.25, -0.2) is 9.97 Å². The number of hydrogen-bond donors (Lipinski definition) is 2. The third-order valence-electron chi connectivity index (χ3n) is 2.35. The van der Waals surface area contributed by atoms with Crippen LogP contribution in [0.4, 0.5) is 0 Å². The highest BCUT2D eigenvalue weighted by Crippen LogP contribution is 2.18. The summed E-state index contributed by atoms with van der Waals surface area (Å²) in [5.74, 6) is 1.01. The molecule has 3 N–H and O–H groups in total. The maximum atomic E-state index is 9.69. The molecule has 1 atom stereocenters. The van der Waals surface area contributed by atoms with Crippen molar-refractivity contribution < 1.29 is 5.11 Å². The first kappa shape index (κ1) is 13.4. The fraction of sp³-hybridized carbons (Fsp3) is 0.636. The van der Waals surface area contributed by atoms with Crippen molar-refractivity contribution in [3.63, 3.8) is 0 Å². The van der Waals surface area contributed by atoms with Crippen molar-refractivity contribution in [2.45, 2.75) is 36.8 Å². The zero-order valence-electron chi connectivity index (χ0n) is 9.59. The molecular weight excluding hydrogens is 222 g/mol. The summed E-state index contributed by atoms with van der Waals surface area (Å²) in [5, 5.41) is 10.7. The molecule has 0 aliphatic carbocycles. The van der Waals surface area contributed by atoms with E-state index in [1.807, 2.05) is 6.07 Å². The first-order valence-corrected chi connectivity index (χ1v) is 6.44. The van der Waals surface area contributed by atoms with E-state index in [0.717, 1.165) is 30.0 Å². The lowest BCUT2D eigenvalue weighted by molar-refractivity contribution is 0.0577. The van der Waals surface area contributed by atoms with E-state index in [2.05, 4.69) is 9.97 Å². The zero-order valence-corrected chi connectivity index (χ0v) is 10.4. The first-order valence-electron chi connectivity index (χ1n) is 5.45. The third kappa shape index (κ3) is 5.44. The van der Waals surface area contributed by atoms with E-state index in [-0.39, 0.29) is 0 Å². The van der Waals surface area contributed by atoms with Crippen molar-refractivity contribution in [1.29, 1.82) is 0 Å². The Kier molecular flexibility index (Phi) is 5.73. The van der Waals surface area contributed by atoms with Crippen LogP contribution in [-0.2, 0) is 0 Å². The Hall–Kier alpha value is -0.650. The van der Waals surface area contributed by atoms with E-state index < -0.39 is 5.60 Å². The maximum absolute atomic E-state index is 9.69. The number of rotatable bonds is 7. The number of nitrogens with two attached hydrogens (primary N) is 1. The summed E-state index contributed by atoms with van der Waals surface area (Å²) >= 11 is 1.71. The summed E-state index contributed by atoms with van der Waals surface area (Å²) in [6.07, 6.45) is 6.11. The molecule has 0 fully saturated rings. The Morgan fingerprint density at radius 2 is 2.31 bits per heavy atom. The lowest BCUT2D eigenvalue weighted by Crippen LogP contribution is -2.33. The molecule has 0 radical (unpaired) electrons. The highest BCUT2D eigenvalue weighted by atomic mass is 32.2. The van der Waals surface area contributed by atoms with Crippen LogP contribution in [0.1, 0.15) is 26.2 Å². The summed E-state index contributed by atoms with van der Waals surface area (Å²) in [6.45, 7) is 2.11.